The predicted octanol–water partition coefficient (Wildman–Crippen LogP) is 5.34. The number of nitrogens with zero attached hydrogens (tertiary/aromatic N) is 2. The van der Waals surface area contributed by atoms with Crippen molar-refractivity contribution in [1.29, 1.82) is 5.41 Å². The zero-order valence-corrected chi connectivity index (χ0v) is 25.4. The Labute approximate surface area is 252 Å². The van der Waals surface area contributed by atoms with E-state index in [1.165, 1.54) is 36.2 Å². The van der Waals surface area contributed by atoms with Crippen molar-refractivity contribution in [3.05, 3.63) is 77.9 Å². The minimum absolute atomic E-state index is 0. The first-order valence-corrected chi connectivity index (χ1v) is 13.8. The first-order valence-electron chi connectivity index (χ1n) is 12.0. The van der Waals surface area contributed by atoms with Gasteiger partial charge < -0.3 is 20.4 Å². The Balaban J connectivity index is 0.00000420. The van der Waals surface area contributed by atoms with Crippen molar-refractivity contribution in [1.82, 2.24) is 10.2 Å². The Hall–Kier alpha value is -2.90. The van der Waals surface area contributed by atoms with Gasteiger partial charge in [-0.3, -0.25) is 14.4 Å². The molecular weight excluding hydrogens is 647 g/mol. The van der Waals surface area contributed by atoms with Crippen molar-refractivity contribution in [2.75, 3.05) is 13.7 Å². The highest BCUT2D eigenvalue weighted by atomic mass is 127. The smallest absolute Gasteiger partial charge is 0.307 e. The lowest BCUT2D eigenvalue weighted by molar-refractivity contribution is -0.140. The van der Waals surface area contributed by atoms with E-state index in [0.717, 1.165) is 21.2 Å². The largest absolute Gasteiger partial charge is 0.469 e. The van der Waals surface area contributed by atoms with Gasteiger partial charge in [0.1, 0.15) is 5.25 Å². The van der Waals surface area contributed by atoms with Gasteiger partial charge in [0.05, 0.1) is 19.1 Å². The summed E-state index contributed by atoms with van der Waals surface area (Å²) in [5.41, 5.74) is 2.72. The molecule has 0 aromatic heterocycles. The zero-order chi connectivity index (χ0) is 27.1. The van der Waals surface area contributed by atoms with Crippen LogP contribution in [0.4, 0.5) is 0 Å². The number of ether oxygens (including phenoxy) is 1. The molecule has 1 aliphatic heterocycles. The van der Waals surface area contributed by atoms with Crippen LogP contribution in [0.3, 0.4) is 0 Å². The SMILES string of the molecule is COC(=O)CCNC(=O)C1SC(=NC(=O)c2ccc(SC=N)cc2)N(Cc2cccc3ccccc23)C1C.I. The lowest BCUT2D eigenvalue weighted by Crippen LogP contribution is -2.42. The Kier molecular flexibility index (Phi) is 11.4. The van der Waals surface area contributed by atoms with Crippen LogP contribution in [0.25, 0.3) is 10.8 Å². The molecule has 2 N–H and O–H groups in total. The number of hydrogen-bond donors (Lipinski definition) is 2. The summed E-state index contributed by atoms with van der Waals surface area (Å²) in [5, 5.41) is 12.2. The van der Waals surface area contributed by atoms with E-state index in [4.69, 9.17) is 5.41 Å². The van der Waals surface area contributed by atoms with Gasteiger partial charge in [0, 0.05) is 29.6 Å². The summed E-state index contributed by atoms with van der Waals surface area (Å²) in [4.78, 5) is 44.9. The van der Waals surface area contributed by atoms with E-state index in [9.17, 15) is 14.4 Å². The number of amidine groups is 1. The number of nitrogens with one attached hydrogen (secondary N) is 2. The van der Waals surface area contributed by atoms with E-state index in [1.807, 2.05) is 36.1 Å². The molecule has 2 unspecified atom stereocenters. The molecule has 204 valence electrons. The molecule has 8 nitrogen and oxygen atoms in total. The maximum Gasteiger partial charge on any atom is 0.307 e. The van der Waals surface area contributed by atoms with Crippen LogP contribution in [0.1, 0.15) is 29.3 Å². The van der Waals surface area contributed by atoms with E-state index >= 15 is 0 Å². The fourth-order valence-electron chi connectivity index (χ4n) is 4.19. The number of carbonyl (C=O) groups is 3. The number of fused-ring (bicyclic) bond motifs is 1. The molecular formula is C28H29IN4O4S2. The van der Waals surface area contributed by atoms with Crippen molar-refractivity contribution >= 4 is 86.8 Å². The second kappa shape index (κ2) is 14.5. The Bertz CT molecular complexity index is 1380. The van der Waals surface area contributed by atoms with Gasteiger partial charge in [-0.15, -0.1) is 24.0 Å². The molecule has 4 rings (SSSR count). The van der Waals surface area contributed by atoms with Gasteiger partial charge in [0.2, 0.25) is 5.91 Å². The zero-order valence-electron chi connectivity index (χ0n) is 21.5. The molecule has 0 aliphatic carbocycles. The summed E-state index contributed by atoms with van der Waals surface area (Å²) in [5.74, 6) is -1.02. The average molecular weight is 677 g/mol. The van der Waals surface area contributed by atoms with E-state index in [1.54, 1.807) is 24.3 Å². The third kappa shape index (κ3) is 7.61. The van der Waals surface area contributed by atoms with Gasteiger partial charge in [0.25, 0.3) is 5.91 Å². The van der Waals surface area contributed by atoms with Crippen LogP contribution in [0.2, 0.25) is 0 Å². The number of methoxy groups -OCH3 is 1. The lowest BCUT2D eigenvalue weighted by atomic mass is 10.0. The topological polar surface area (TPSA) is 112 Å². The summed E-state index contributed by atoms with van der Waals surface area (Å²) in [6.45, 7) is 2.59. The fraction of sp³-hybridized carbons (Fsp3) is 0.250. The number of hydrogen-bond acceptors (Lipinski definition) is 7. The van der Waals surface area contributed by atoms with Gasteiger partial charge in [-0.1, -0.05) is 66.0 Å². The molecule has 1 fully saturated rings. The number of thioether (sulfide) groups is 2. The van der Waals surface area contributed by atoms with Crippen LogP contribution in [0.5, 0.6) is 0 Å². The Morgan fingerprint density at radius 3 is 2.54 bits per heavy atom. The third-order valence-electron chi connectivity index (χ3n) is 6.24. The molecule has 3 aromatic carbocycles. The van der Waals surface area contributed by atoms with E-state index in [0.29, 0.717) is 17.3 Å². The molecule has 39 heavy (non-hydrogen) atoms. The lowest BCUT2D eigenvalue weighted by Gasteiger charge is -2.25. The normalized spacial score (nSPS) is 17.5. The molecule has 0 bridgehead atoms. The number of amides is 2. The fourth-order valence-corrected chi connectivity index (χ4v) is 5.88. The molecule has 3 aromatic rings. The summed E-state index contributed by atoms with van der Waals surface area (Å²) < 4.78 is 4.65. The first kappa shape index (κ1) is 30.6. The van der Waals surface area contributed by atoms with Gasteiger partial charge >= 0.3 is 5.97 Å². The number of benzene rings is 3. The highest BCUT2D eigenvalue weighted by molar-refractivity contribution is 14.0. The van der Waals surface area contributed by atoms with Gasteiger partial charge in [-0.25, -0.2) is 0 Å². The summed E-state index contributed by atoms with van der Waals surface area (Å²) >= 11 is 2.50. The van der Waals surface area contributed by atoms with Crippen molar-refractivity contribution in [3.8, 4) is 0 Å². The van der Waals surface area contributed by atoms with Crippen LogP contribution >= 0.6 is 47.5 Å². The second-order valence-electron chi connectivity index (χ2n) is 8.62. The van der Waals surface area contributed by atoms with E-state index < -0.39 is 17.1 Å². The minimum atomic E-state index is -0.513. The molecule has 1 aliphatic rings. The van der Waals surface area contributed by atoms with Gasteiger partial charge in [0.15, 0.2) is 5.17 Å². The quantitative estimate of drug-likeness (QED) is 0.104. The van der Waals surface area contributed by atoms with Crippen LogP contribution in [0, 0.1) is 5.41 Å². The molecule has 2 amide bonds. The van der Waals surface area contributed by atoms with Crippen molar-refractivity contribution in [2.24, 2.45) is 4.99 Å². The second-order valence-corrected chi connectivity index (χ2v) is 10.7. The maximum absolute atomic E-state index is 13.1. The Morgan fingerprint density at radius 2 is 1.82 bits per heavy atom. The molecule has 1 saturated heterocycles. The minimum Gasteiger partial charge on any atom is -0.469 e. The molecule has 0 spiro atoms. The van der Waals surface area contributed by atoms with E-state index in [2.05, 4.69) is 33.2 Å². The summed E-state index contributed by atoms with van der Waals surface area (Å²) in [6, 6.07) is 20.9. The van der Waals surface area contributed by atoms with Gasteiger partial charge in [-0.2, -0.15) is 4.99 Å². The molecule has 2 atom stereocenters. The number of rotatable bonds is 9. The molecule has 0 radical (unpaired) electrons. The standard InChI is InChI=1S/C28H28N4O4S2.HI/c1-18-25(27(35)30-15-14-24(33)36-2)38-28(31-26(34)20-10-12-22(13-11-20)37-17-29)32(18)16-21-8-5-7-19-6-3-4-9-23(19)21;/h3-13,17-18,25,29H,14-16H2,1-2H3,(H,30,35);1H. The van der Waals surface area contributed by atoms with Crippen LogP contribution in [-0.2, 0) is 20.9 Å². The summed E-state index contributed by atoms with van der Waals surface area (Å²) in [6.07, 6.45) is 0.0828. The maximum atomic E-state index is 13.1. The number of aliphatic imine (C=N–C) groups is 1. The van der Waals surface area contributed by atoms with Crippen LogP contribution in [-0.4, -0.2) is 58.3 Å². The Morgan fingerprint density at radius 1 is 1.10 bits per heavy atom. The van der Waals surface area contributed by atoms with Crippen molar-refractivity contribution in [3.63, 3.8) is 0 Å². The molecule has 0 saturated carbocycles. The molecule has 11 heteroatoms. The van der Waals surface area contributed by atoms with Crippen LogP contribution in [0.15, 0.2) is 76.6 Å². The number of carbonyl (C=O) groups excluding carboxylic acids is 3. The average Bonchev–Trinajstić information content (AvgIpc) is 3.23. The van der Waals surface area contributed by atoms with Crippen LogP contribution < -0.4 is 5.32 Å². The number of halogens is 1. The summed E-state index contributed by atoms with van der Waals surface area (Å²) in [7, 11) is 1.31. The highest BCUT2D eigenvalue weighted by Gasteiger charge is 2.41. The third-order valence-corrected chi connectivity index (χ3v) is 8.30. The number of esters is 1. The predicted molar refractivity (Wildman–Crippen MR) is 168 cm³/mol. The van der Waals surface area contributed by atoms with Crippen molar-refractivity contribution < 1.29 is 19.1 Å². The molecule has 1 heterocycles. The monoisotopic (exact) mass is 676 g/mol. The van der Waals surface area contributed by atoms with E-state index in [-0.39, 0.29) is 48.9 Å². The highest BCUT2D eigenvalue weighted by Crippen LogP contribution is 2.35. The van der Waals surface area contributed by atoms with Gasteiger partial charge in [-0.05, 0) is 47.5 Å². The van der Waals surface area contributed by atoms with Crippen molar-refractivity contribution in [2.45, 2.75) is 36.1 Å². The first-order chi connectivity index (χ1) is 18.4.